The van der Waals surface area contributed by atoms with Crippen LogP contribution in [0.3, 0.4) is 0 Å². The first-order valence-electron chi connectivity index (χ1n) is 4.89. The number of carbonyl (C=O) groups excluding carboxylic acids is 2. The number of halogens is 1. The topological polar surface area (TPSA) is 74.7 Å². The fourth-order valence-corrected chi connectivity index (χ4v) is 2.22. The summed E-state index contributed by atoms with van der Waals surface area (Å²) in [6, 6.07) is 4.28. The highest BCUT2D eigenvalue weighted by Crippen LogP contribution is 2.27. The van der Waals surface area contributed by atoms with Crippen LogP contribution in [0.15, 0.2) is 22.7 Å². The number of imide groups is 1. The van der Waals surface area contributed by atoms with Gasteiger partial charge in [-0.2, -0.15) is 0 Å². The van der Waals surface area contributed by atoms with Crippen molar-refractivity contribution < 1.29 is 19.5 Å². The van der Waals surface area contributed by atoms with Gasteiger partial charge in [-0.05, 0) is 34.1 Å². The number of hydrogen-bond donors (Lipinski definition) is 1. The molecule has 1 aliphatic heterocycles. The molecule has 0 unspecified atom stereocenters. The molecular weight excluding hydrogens is 290 g/mol. The molecule has 0 bridgehead atoms. The Bertz CT molecular complexity index is 510. The number of aromatic carboxylic acids is 1. The maximum absolute atomic E-state index is 11.5. The lowest BCUT2D eigenvalue weighted by Crippen LogP contribution is -2.28. The highest BCUT2D eigenvalue weighted by Gasteiger charge is 2.30. The molecule has 1 saturated heterocycles. The van der Waals surface area contributed by atoms with Gasteiger partial charge in [-0.3, -0.25) is 14.5 Å². The van der Waals surface area contributed by atoms with Gasteiger partial charge in [0.2, 0.25) is 11.8 Å². The first-order chi connectivity index (χ1) is 8.00. The van der Waals surface area contributed by atoms with Gasteiger partial charge in [0.15, 0.2) is 0 Å². The molecule has 17 heavy (non-hydrogen) atoms. The Kier molecular flexibility index (Phi) is 2.97. The smallest absolute Gasteiger partial charge is 0.336 e. The van der Waals surface area contributed by atoms with Crippen molar-refractivity contribution in [2.45, 2.75) is 12.8 Å². The summed E-state index contributed by atoms with van der Waals surface area (Å²) in [5.41, 5.74) is 0.488. The van der Waals surface area contributed by atoms with Crippen molar-refractivity contribution in [3.8, 4) is 0 Å². The van der Waals surface area contributed by atoms with Crippen LogP contribution in [0.2, 0.25) is 0 Å². The van der Waals surface area contributed by atoms with Crippen molar-refractivity contribution in [2.75, 3.05) is 4.90 Å². The van der Waals surface area contributed by atoms with Crippen LogP contribution in [0.5, 0.6) is 0 Å². The second-order valence-corrected chi connectivity index (χ2v) is 4.45. The third-order valence-electron chi connectivity index (χ3n) is 2.49. The molecular formula is C11H8BrNO4. The highest BCUT2D eigenvalue weighted by atomic mass is 79.9. The summed E-state index contributed by atoms with van der Waals surface area (Å²) in [5, 5.41) is 8.85. The molecule has 1 aliphatic rings. The summed E-state index contributed by atoms with van der Waals surface area (Å²) in [6.07, 6.45) is 0.411. The normalized spacial score (nSPS) is 15.5. The van der Waals surface area contributed by atoms with Crippen LogP contribution < -0.4 is 4.90 Å². The largest absolute Gasteiger partial charge is 0.478 e. The van der Waals surface area contributed by atoms with Gasteiger partial charge in [-0.15, -0.1) is 0 Å². The molecule has 0 atom stereocenters. The van der Waals surface area contributed by atoms with E-state index < -0.39 is 5.97 Å². The summed E-state index contributed by atoms with van der Waals surface area (Å²) >= 11 is 3.10. The minimum Gasteiger partial charge on any atom is -0.478 e. The number of carbonyl (C=O) groups is 3. The zero-order chi connectivity index (χ0) is 12.6. The Morgan fingerprint density at radius 2 is 1.82 bits per heavy atom. The lowest BCUT2D eigenvalue weighted by Gasteiger charge is -2.14. The number of carboxylic acids is 1. The Morgan fingerprint density at radius 3 is 2.29 bits per heavy atom. The molecule has 0 aliphatic carbocycles. The number of amides is 2. The number of nitrogens with zero attached hydrogens (tertiary/aromatic N) is 1. The number of anilines is 1. The lowest BCUT2D eigenvalue weighted by atomic mass is 10.2. The lowest BCUT2D eigenvalue weighted by molar-refractivity contribution is -0.121. The van der Waals surface area contributed by atoms with Crippen LogP contribution in [-0.4, -0.2) is 22.9 Å². The van der Waals surface area contributed by atoms with Crippen molar-refractivity contribution in [1.29, 1.82) is 0 Å². The predicted octanol–water partition coefficient (Wildman–Crippen LogP) is 1.80. The zero-order valence-electron chi connectivity index (χ0n) is 8.64. The first-order valence-corrected chi connectivity index (χ1v) is 5.68. The third-order valence-corrected chi connectivity index (χ3v) is 3.15. The van der Waals surface area contributed by atoms with E-state index in [4.69, 9.17) is 5.11 Å². The van der Waals surface area contributed by atoms with E-state index in [0.717, 1.165) is 4.90 Å². The average Bonchev–Trinajstić information content (AvgIpc) is 2.58. The molecule has 0 aromatic heterocycles. The second-order valence-electron chi connectivity index (χ2n) is 3.59. The van der Waals surface area contributed by atoms with Crippen molar-refractivity contribution >= 4 is 39.4 Å². The maximum Gasteiger partial charge on any atom is 0.336 e. The Balaban J connectivity index is 2.41. The van der Waals surface area contributed by atoms with Crippen LogP contribution >= 0.6 is 15.9 Å². The molecule has 1 N–H and O–H groups in total. The van der Waals surface area contributed by atoms with E-state index >= 15 is 0 Å². The molecule has 1 heterocycles. The summed E-state index contributed by atoms with van der Waals surface area (Å²) in [6.45, 7) is 0. The summed E-state index contributed by atoms with van der Waals surface area (Å²) in [7, 11) is 0. The SMILES string of the molecule is O=C(O)c1ccc(N2C(=O)CCC2=O)cc1Br. The van der Waals surface area contributed by atoms with Crippen molar-refractivity contribution in [3.05, 3.63) is 28.2 Å². The van der Waals surface area contributed by atoms with Gasteiger partial charge in [-0.1, -0.05) is 0 Å². The van der Waals surface area contributed by atoms with Crippen LogP contribution in [0.4, 0.5) is 5.69 Å². The first kappa shape index (κ1) is 11.8. The monoisotopic (exact) mass is 297 g/mol. The molecule has 1 aromatic carbocycles. The van der Waals surface area contributed by atoms with E-state index in [1.165, 1.54) is 18.2 Å². The van der Waals surface area contributed by atoms with Crippen LogP contribution in [0.25, 0.3) is 0 Å². The quantitative estimate of drug-likeness (QED) is 0.845. The molecule has 1 fully saturated rings. The molecule has 0 saturated carbocycles. The molecule has 0 radical (unpaired) electrons. The molecule has 1 aromatic rings. The van der Waals surface area contributed by atoms with Crippen molar-refractivity contribution in [2.24, 2.45) is 0 Å². The Labute approximate surface area is 105 Å². The second kappa shape index (κ2) is 4.29. The van der Waals surface area contributed by atoms with Crippen LogP contribution in [0.1, 0.15) is 23.2 Å². The number of hydrogen-bond acceptors (Lipinski definition) is 3. The maximum atomic E-state index is 11.5. The Morgan fingerprint density at radius 1 is 1.24 bits per heavy atom. The molecule has 0 spiro atoms. The van der Waals surface area contributed by atoms with Gasteiger partial charge in [0.25, 0.3) is 0 Å². The summed E-state index contributed by atoms with van der Waals surface area (Å²) in [4.78, 5) is 34.9. The van der Waals surface area contributed by atoms with Crippen molar-refractivity contribution in [3.63, 3.8) is 0 Å². The summed E-state index contributed by atoms with van der Waals surface area (Å²) in [5.74, 6) is -1.59. The van der Waals surface area contributed by atoms with Gasteiger partial charge < -0.3 is 5.11 Å². The van der Waals surface area contributed by atoms with E-state index in [1.54, 1.807) is 0 Å². The number of benzene rings is 1. The fourth-order valence-electron chi connectivity index (χ4n) is 1.68. The van der Waals surface area contributed by atoms with E-state index in [1.807, 2.05) is 0 Å². The van der Waals surface area contributed by atoms with E-state index in [-0.39, 0.29) is 30.2 Å². The predicted molar refractivity (Wildman–Crippen MR) is 62.8 cm³/mol. The van der Waals surface area contributed by atoms with E-state index in [2.05, 4.69) is 15.9 Å². The molecule has 5 nitrogen and oxygen atoms in total. The van der Waals surface area contributed by atoms with Gasteiger partial charge in [0.1, 0.15) is 0 Å². The average molecular weight is 298 g/mol. The van der Waals surface area contributed by atoms with Crippen molar-refractivity contribution in [1.82, 2.24) is 0 Å². The number of rotatable bonds is 2. The standard InChI is InChI=1S/C11H8BrNO4/c12-8-5-6(1-2-7(8)11(16)17)13-9(14)3-4-10(13)15/h1-2,5H,3-4H2,(H,16,17). The molecule has 6 heteroatoms. The van der Waals surface area contributed by atoms with Crippen LogP contribution in [-0.2, 0) is 9.59 Å². The minimum atomic E-state index is -1.07. The van der Waals surface area contributed by atoms with E-state index in [0.29, 0.717) is 10.2 Å². The fraction of sp³-hybridized carbons (Fsp3) is 0.182. The van der Waals surface area contributed by atoms with E-state index in [9.17, 15) is 14.4 Å². The van der Waals surface area contributed by atoms with Gasteiger partial charge in [0, 0.05) is 17.3 Å². The third kappa shape index (κ3) is 2.08. The van der Waals surface area contributed by atoms with Gasteiger partial charge in [0.05, 0.1) is 11.3 Å². The minimum absolute atomic E-state index is 0.0906. The highest BCUT2D eigenvalue weighted by molar-refractivity contribution is 9.10. The van der Waals surface area contributed by atoms with Crippen LogP contribution in [0, 0.1) is 0 Å². The number of carboxylic acid groups (broad SMARTS) is 1. The molecule has 2 rings (SSSR count). The van der Waals surface area contributed by atoms with Gasteiger partial charge >= 0.3 is 5.97 Å². The summed E-state index contributed by atoms with van der Waals surface area (Å²) < 4.78 is 0.343. The molecule has 2 amide bonds. The zero-order valence-corrected chi connectivity index (χ0v) is 10.2. The Hall–Kier alpha value is -1.69. The molecule has 88 valence electrons. The van der Waals surface area contributed by atoms with Gasteiger partial charge in [-0.25, -0.2) is 4.79 Å².